The van der Waals surface area contributed by atoms with Crippen molar-refractivity contribution in [3.8, 4) is 0 Å². The molecule has 1 heterocycles. The SMILES string of the molecule is CCCNC(Cc1cnn(CC)c1)c1cccc(C)c1F. The zero-order valence-electron chi connectivity index (χ0n) is 13.1. The summed E-state index contributed by atoms with van der Waals surface area (Å²) >= 11 is 0. The molecule has 21 heavy (non-hydrogen) atoms. The van der Waals surface area contributed by atoms with E-state index < -0.39 is 0 Å². The quantitative estimate of drug-likeness (QED) is 0.843. The van der Waals surface area contributed by atoms with Gasteiger partial charge in [0.25, 0.3) is 0 Å². The van der Waals surface area contributed by atoms with Gasteiger partial charge in [0.2, 0.25) is 0 Å². The van der Waals surface area contributed by atoms with Crippen LogP contribution in [0.4, 0.5) is 4.39 Å². The largest absolute Gasteiger partial charge is 0.310 e. The van der Waals surface area contributed by atoms with E-state index >= 15 is 0 Å². The summed E-state index contributed by atoms with van der Waals surface area (Å²) < 4.78 is 16.3. The van der Waals surface area contributed by atoms with Crippen molar-refractivity contribution in [2.24, 2.45) is 0 Å². The number of aryl methyl sites for hydroxylation is 2. The second kappa shape index (κ2) is 7.36. The summed E-state index contributed by atoms with van der Waals surface area (Å²) in [6.45, 7) is 7.71. The highest BCUT2D eigenvalue weighted by molar-refractivity contribution is 5.29. The Balaban J connectivity index is 2.23. The number of nitrogens with zero attached hydrogens (tertiary/aromatic N) is 2. The van der Waals surface area contributed by atoms with Crippen molar-refractivity contribution >= 4 is 0 Å². The Bertz CT molecular complexity index is 577. The van der Waals surface area contributed by atoms with E-state index in [1.54, 1.807) is 0 Å². The summed E-state index contributed by atoms with van der Waals surface area (Å²) in [5.74, 6) is -0.103. The van der Waals surface area contributed by atoms with Gasteiger partial charge in [-0.2, -0.15) is 5.10 Å². The van der Waals surface area contributed by atoms with Crippen molar-refractivity contribution in [1.29, 1.82) is 0 Å². The molecule has 1 aromatic carbocycles. The van der Waals surface area contributed by atoms with Crippen LogP contribution in [-0.4, -0.2) is 16.3 Å². The third-order valence-corrected chi connectivity index (χ3v) is 3.69. The lowest BCUT2D eigenvalue weighted by atomic mass is 9.98. The van der Waals surface area contributed by atoms with Crippen LogP contribution >= 0.6 is 0 Å². The maximum Gasteiger partial charge on any atom is 0.130 e. The molecule has 4 heteroatoms. The third kappa shape index (κ3) is 3.91. The van der Waals surface area contributed by atoms with Crippen molar-refractivity contribution < 1.29 is 4.39 Å². The molecule has 0 saturated carbocycles. The van der Waals surface area contributed by atoms with Gasteiger partial charge in [0.1, 0.15) is 5.82 Å². The zero-order chi connectivity index (χ0) is 15.2. The molecule has 0 fully saturated rings. The monoisotopic (exact) mass is 289 g/mol. The van der Waals surface area contributed by atoms with Crippen molar-refractivity contribution in [2.75, 3.05) is 6.54 Å². The molecule has 0 saturated heterocycles. The molecule has 0 amide bonds. The number of hydrogen-bond acceptors (Lipinski definition) is 2. The summed E-state index contributed by atoms with van der Waals surface area (Å²) in [6, 6.07) is 5.59. The first-order valence-electron chi connectivity index (χ1n) is 7.65. The van der Waals surface area contributed by atoms with Crippen LogP contribution in [0, 0.1) is 12.7 Å². The molecule has 1 aromatic heterocycles. The summed E-state index contributed by atoms with van der Waals surface area (Å²) in [7, 11) is 0. The van der Waals surface area contributed by atoms with E-state index in [-0.39, 0.29) is 11.9 Å². The molecule has 2 aromatic rings. The first kappa shape index (κ1) is 15.7. The normalized spacial score (nSPS) is 12.6. The fourth-order valence-corrected chi connectivity index (χ4v) is 2.47. The van der Waals surface area contributed by atoms with Crippen LogP contribution in [0.15, 0.2) is 30.6 Å². The average Bonchev–Trinajstić information content (AvgIpc) is 2.94. The Hall–Kier alpha value is -1.68. The highest BCUT2D eigenvalue weighted by Gasteiger charge is 2.17. The minimum atomic E-state index is -0.103. The van der Waals surface area contributed by atoms with Crippen LogP contribution in [-0.2, 0) is 13.0 Å². The van der Waals surface area contributed by atoms with Crippen LogP contribution in [0.25, 0.3) is 0 Å². The van der Waals surface area contributed by atoms with Gasteiger partial charge in [-0.05, 0) is 44.4 Å². The molecule has 0 aliphatic carbocycles. The number of rotatable bonds is 7. The Kier molecular flexibility index (Phi) is 5.51. The number of aromatic nitrogens is 2. The van der Waals surface area contributed by atoms with E-state index in [2.05, 4.69) is 24.3 Å². The first-order chi connectivity index (χ1) is 10.2. The van der Waals surface area contributed by atoms with Gasteiger partial charge >= 0.3 is 0 Å². The molecular formula is C17H24FN3. The van der Waals surface area contributed by atoms with E-state index in [4.69, 9.17) is 0 Å². The van der Waals surface area contributed by atoms with Gasteiger partial charge in [-0.15, -0.1) is 0 Å². The molecule has 1 atom stereocenters. The van der Waals surface area contributed by atoms with E-state index in [0.29, 0.717) is 5.56 Å². The van der Waals surface area contributed by atoms with Gasteiger partial charge in [0.05, 0.1) is 6.20 Å². The van der Waals surface area contributed by atoms with E-state index in [1.165, 1.54) is 0 Å². The van der Waals surface area contributed by atoms with Gasteiger partial charge in [-0.25, -0.2) is 4.39 Å². The highest BCUT2D eigenvalue weighted by atomic mass is 19.1. The maximum absolute atomic E-state index is 14.4. The smallest absolute Gasteiger partial charge is 0.130 e. The third-order valence-electron chi connectivity index (χ3n) is 3.69. The molecule has 1 unspecified atom stereocenters. The van der Waals surface area contributed by atoms with Crippen LogP contribution in [0.1, 0.15) is 43.0 Å². The molecule has 3 nitrogen and oxygen atoms in total. The molecule has 0 aliphatic rings. The van der Waals surface area contributed by atoms with Gasteiger partial charge in [-0.1, -0.05) is 25.1 Å². The maximum atomic E-state index is 14.4. The van der Waals surface area contributed by atoms with Gasteiger partial charge in [0, 0.05) is 24.3 Å². The predicted molar refractivity (Wildman–Crippen MR) is 83.8 cm³/mol. The second-order valence-corrected chi connectivity index (χ2v) is 5.39. The van der Waals surface area contributed by atoms with Crippen molar-refractivity contribution in [3.05, 3.63) is 53.1 Å². The Morgan fingerprint density at radius 1 is 1.33 bits per heavy atom. The number of hydrogen-bond donors (Lipinski definition) is 1. The minimum Gasteiger partial charge on any atom is -0.310 e. The number of nitrogens with one attached hydrogen (secondary N) is 1. The van der Waals surface area contributed by atoms with Crippen molar-refractivity contribution in [2.45, 2.75) is 46.2 Å². The van der Waals surface area contributed by atoms with Crippen LogP contribution in [0.5, 0.6) is 0 Å². The fraction of sp³-hybridized carbons (Fsp3) is 0.471. The average molecular weight is 289 g/mol. The van der Waals surface area contributed by atoms with Gasteiger partial charge in [-0.3, -0.25) is 4.68 Å². The van der Waals surface area contributed by atoms with Crippen LogP contribution in [0.3, 0.4) is 0 Å². The number of halogens is 1. The Morgan fingerprint density at radius 3 is 2.81 bits per heavy atom. The van der Waals surface area contributed by atoms with Crippen LogP contribution in [0.2, 0.25) is 0 Å². The summed E-state index contributed by atoms with van der Waals surface area (Å²) in [4.78, 5) is 0. The molecular weight excluding hydrogens is 265 g/mol. The Morgan fingerprint density at radius 2 is 2.14 bits per heavy atom. The van der Waals surface area contributed by atoms with Gasteiger partial charge in [0.15, 0.2) is 0 Å². The molecule has 2 rings (SSSR count). The molecule has 114 valence electrons. The first-order valence-corrected chi connectivity index (χ1v) is 7.65. The van der Waals surface area contributed by atoms with Crippen LogP contribution < -0.4 is 5.32 Å². The Labute approximate surface area is 126 Å². The second-order valence-electron chi connectivity index (χ2n) is 5.39. The summed E-state index contributed by atoms with van der Waals surface area (Å²) in [5, 5.41) is 7.75. The fourth-order valence-electron chi connectivity index (χ4n) is 2.47. The van der Waals surface area contributed by atoms with Gasteiger partial charge < -0.3 is 5.32 Å². The summed E-state index contributed by atoms with van der Waals surface area (Å²) in [5.41, 5.74) is 2.57. The molecule has 0 bridgehead atoms. The lowest BCUT2D eigenvalue weighted by Gasteiger charge is -2.19. The van der Waals surface area contributed by atoms with E-state index in [9.17, 15) is 4.39 Å². The molecule has 0 spiro atoms. The zero-order valence-corrected chi connectivity index (χ0v) is 13.1. The lowest BCUT2D eigenvalue weighted by Crippen LogP contribution is -2.25. The van der Waals surface area contributed by atoms with Crippen molar-refractivity contribution in [1.82, 2.24) is 15.1 Å². The minimum absolute atomic E-state index is 0.0145. The predicted octanol–water partition coefficient (Wildman–Crippen LogP) is 3.63. The topological polar surface area (TPSA) is 29.9 Å². The molecule has 0 aliphatic heterocycles. The lowest BCUT2D eigenvalue weighted by molar-refractivity contribution is 0.494. The summed E-state index contributed by atoms with van der Waals surface area (Å²) in [6.07, 6.45) is 5.69. The standard InChI is InChI=1S/C17H24FN3/c1-4-9-19-16(10-14-11-20-21(5-2)12-14)15-8-6-7-13(3)17(15)18/h6-8,11-12,16,19H,4-5,9-10H2,1-3H3. The van der Waals surface area contributed by atoms with E-state index in [1.807, 2.05) is 42.2 Å². The number of benzene rings is 1. The molecule has 0 radical (unpaired) electrons. The van der Waals surface area contributed by atoms with E-state index in [0.717, 1.165) is 37.1 Å². The highest BCUT2D eigenvalue weighted by Crippen LogP contribution is 2.23. The van der Waals surface area contributed by atoms with Crippen molar-refractivity contribution in [3.63, 3.8) is 0 Å². The molecule has 1 N–H and O–H groups in total.